The van der Waals surface area contributed by atoms with Crippen molar-refractivity contribution in [2.75, 3.05) is 0 Å². The van der Waals surface area contributed by atoms with Gasteiger partial charge in [0.1, 0.15) is 6.34 Å². The highest BCUT2D eigenvalue weighted by molar-refractivity contribution is 9.11. The van der Waals surface area contributed by atoms with Crippen molar-refractivity contribution in [2.45, 2.75) is 0 Å². The largest absolute Gasteiger partial charge is 0.362 e. The molecule has 0 radical (unpaired) electrons. The fourth-order valence-corrected chi connectivity index (χ4v) is 4.05. The van der Waals surface area contributed by atoms with Crippen molar-refractivity contribution in [3.63, 3.8) is 0 Å². The summed E-state index contributed by atoms with van der Waals surface area (Å²) in [5.41, 5.74) is 2.38. The molecule has 0 amide bonds. The molecule has 0 spiro atoms. The van der Waals surface area contributed by atoms with E-state index >= 15 is 0 Å². The molecule has 0 aliphatic rings. The number of aliphatic imine (C=N–C) groups is 1. The highest BCUT2D eigenvalue weighted by Gasteiger charge is 2.10. The van der Waals surface area contributed by atoms with Gasteiger partial charge in [0.2, 0.25) is 5.13 Å². The number of nitrogens with zero attached hydrogens (tertiary/aromatic N) is 3. The van der Waals surface area contributed by atoms with Crippen LogP contribution in [-0.4, -0.2) is 22.2 Å². The van der Waals surface area contributed by atoms with Crippen molar-refractivity contribution in [3.05, 3.63) is 62.1 Å². The Morgan fingerprint density at radius 3 is 2.65 bits per heavy atom. The summed E-state index contributed by atoms with van der Waals surface area (Å²) in [6, 6.07) is 9.02. The maximum absolute atomic E-state index is 11.8. The van der Waals surface area contributed by atoms with Gasteiger partial charge in [-0.1, -0.05) is 11.3 Å². The Morgan fingerprint density at radius 2 is 2.00 bits per heavy atom. The van der Waals surface area contributed by atoms with E-state index in [0.29, 0.717) is 5.13 Å². The molecule has 2 aromatic heterocycles. The summed E-state index contributed by atoms with van der Waals surface area (Å²) in [4.78, 5) is 36.9. The minimum Gasteiger partial charge on any atom is -0.337 e. The zero-order valence-electron chi connectivity index (χ0n) is 12.8. The molecule has 0 aliphatic heterocycles. The van der Waals surface area contributed by atoms with E-state index < -0.39 is 10.9 Å². The molecule has 8 nitrogen and oxygen atoms in total. The minimum absolute atomic E-state index is 0.103. The fraction of sp³-hybridized carbons (Fsp3) is 0. The van der Waals surface area contributed by atoms with Crippen molar-refractivity contribution in [1.29, 1.82) is 0 Å². The normalized spacial score (nSPS) is 10.8. The third-order valence-electron chi connectivity index (χ3n) is 3.00. The number of aromatic nitrogens is 1. The number of thiophene rings is 1. The number of hydroxylamine groups is 1. The van der Waals surface area contributed by atoms with Crippen LogP contribution < -0.4 is 5.48 Å². The molecule has 1 aromatic carbocycles. The molecule has 11 heteroatoms. The number of benzene rings is 1. The molecule has 26 heavy (non-hydrogen) atoms. The van der Waals surface area contributed by atoms with Crippen LogP contribution in [0.25, 0.3) is 9.75 Å². The van der Waals surface area contributed by atoms with Gasteiger partial charge >= 0.3 is 5.97 Å². The van der Waals surface area contributed by atoms with Crippen LogP contribution in [0.15, 0.2) is 51.4 Å². The van der Waals surface area contributed by atoms with Crippen LogP contribution in [0.1, 0.15) is 10.4 Å². The lowest BCUT2D eigenvalue weighted by atomic mass is 10.2. The van der Waals surface area contributed by atoms with Crippen LogP contribution in [0.2, 0.25) is 0 Å². The maximum Gasteiger partial charge on any atom is 0.362 e. The molecule has 3 rings (SSSR count). The van der Waals surface area contributed by atoms with Gasteiger partial charge < -0.3 is 4.84 Å². The second-order valence-electron chi connectivity index (χ2n) is 4.68. The van der Waals surface area contributed by atoms with Gasteiger partial charge in [0.05, 0.1) is 19.2 Å². The van der Waals surface area contributed by atoms with Crippen LogP contribution in [0.3, 0.4) is 0 Å². The average Bonchev–Trinajstić information content (AvgIpc) is 3.27. The summed E-state index contributed by atoms with van der Waals surface area (Å²) < 4.78 is 1.03. The molecule has 0 saturated heterocycles. The number of nitro benzene ring substituents is 1. The molecule has 132 valence electrons. The number of nitro groups is 1. The van der Waals surface area contributed by atoms with Gasteiger partial charge in [-0.05, 0) is 40.2 Å². The number of thiazole rings is 1. The van der Waals surface area contributed by atoms with E-state index in [-0.39, 0.29) is 11.3 Å². The summed E-state index contributed by atoms with van der Waals surface area (Å²) in [5, 5.41) is 11.1. The van der Waals surface area contributed by atoms with Gasteiger partial charge in [-0.15, -0.1) is 11.3 Å². The minimum atomic E-state index is -0.686. The van der Waals surface area contributed by atoms with Crippen LogP contribution in [0.4, 0.5) is 10.8 Å². The van der Waals surface area contributed by atoms with Crippen LogP contribution in [-0.2, 0) is 4.84 Å². The molecule has 0 fully saturated rings. The lowest BCUT2D eigenvalue weighted by molar-refractivity contribution is -0.384. The van der Waals surface area contributed by atoms with E-state index in [9.17, 15) is 14.9 Å². The second-order valence-corrected chi connectivity index (χ2v) is 8.15. The summed E-state index contributed by atoms with van der Waals surface area (Å²) >= 11 is 6.40. The fourth-order valence-electron chi connectivity index (χ4n) is 1.82. The van der Waals surface area contributed by atoms with E-state index in [2.05, 4.69) is 31.4 Å². The maximum atomic E-state index is 11.8. The zero-order valence-corrected chi connectivity index (χ0v) is 16.0. The highest BCUT2D eigenvalue weighted by atomic mass is 79.9. The standard InChI is InChI=1S/C15H9BrN4O4S2/c16-13-6-5-11(25-13)12-7-17-15(26-12)18-8-19-24-14(21)9-1-3-10(4-2-9)20(22)23/h1-8H,(H,17,18,19). The molecule has 0 unspecified atom stereocenters. The first-order chi connectivity index (χ1) is 12.5. The Kier molecular flexibility index (Phi) is 5.71. The van der Waals surface area contributed by atoms with Crippen LogP contribution in [0.5, 0.6) is 0 Å². The third-order valence-corrected chi connectivity index (χ3v) is 5.73. The molecular formula is C15H9BrN4O4S2. The number of halogens is 1. The first-order valence-corrected chi connectivity index (χ1v) is 9.41. The predicted octanol–water partition coefficient (Wildman–Crippen LogP) is 4.56. The number of carbonyl (C=O) groups excluding carboxylic acids is 1. The molecule has 3 aromatic rings. The van der Waals surface area contributed by atoms with Crippen molar-refractivity contribution in [2.24, 2.45) is 4.99 Å². The van der Waals surface area contributed by atoms with E-state index in [1.54, 1.807) is 17.5 Å². The first kappa shape index (κ1) is 18.2. The zero-order chi connectivity index (χ0) is 18.5. The van der Waals surface area contributed by atoms with E-state index in [0.717, 1.165) is 13.5 Å². The predicted molar refractivity (Wildman–Crippen MR) is 103 cm³/mol. The number of carbonyl (C=O) groups is 1. The number of rotatable bonds is 6. The summed E-state index contributed by atoms with van der Waals surface area (Å²) in [6.07, 6.45) is 2.93. The number of hydrogen-bond acceptors (Lipinski definition) is 8. The lowest BCUT2D eigenvalue weighted by Gasteiger charge is -2.01. The average molecular weight is 453 g/mol. The van der Waals surface area contributed by atoms with Crippen molar-refractivity contribution in [1.82, 2.24) is 10.5 Å². The van der Waals surface area contributed by atoms with Crippen molar-refractivity contribution in [3.8, 4) is 9.75 Å². The Labute approximate surface area is 163 Å². The summed E-state index contributed by atoms with van der Waals surface area (Å²) in [7, 11) is 0. The summed E-state index contributed by atoms with van der Waals surface area (Å²) in [5.74, 6) is -0.686. The SMILES string of the molecule is O=C(ONC=Nc1ncc(-c2ccc(Br)s2)s1)c1ccc([N+](=O)[O-])cc1. The van der Waals surface area contributed by atoms with Crippen LogP contribution in [0, 0.1) is 10.1 Å². The number of hydrogen-bond donors (Lipinski definition) is 1. The topological polar surface area (TPSA) is 107 Å². The first-order valence-electron chi connectivity index (χ1n) is 6.98. The Morgan fingerprint density at radius 1 is 1.23 bits per heavy atom. The van der Waals surface area contributed by atoms with Crippen molar-refractivity contribution < 1.29 is 14.6 Å². The van der Waals surface area contributed by atoms with Gasteiger partial charge in [0.25, 0.3) is 5.69 Å². The molecular weight excluding hydrogens is 444 g/mol. The van der Waals surface area contributed by atoms with Gasteiger partial charge in [-0.3, -0.25) is 10.1 Å². The Balaban J connectivity index is 1.53. The molecule has 0 saturated carbocycles. The lowest BCUT2D eigenvalue weighted by Crippen LogP contribution is -2.18. The molecule has 0 bridgehead atoms. The number of non-ortho nitro benzene ring substituents is 1. The van der Waals surface area contributed by atoms with Gasteiger partial charge in [0, 0.05) is 23.2 Å². The van der Waals surface area contributed by atoms with Gasteiger partial charge in [-0.2, -0.15) is 0 Å². The Hall–Kier alpha value is -2.63. The Bertz CT molecular complexity index is 968. The summed E-state index contributed by atoms with van der Waals surface area (Å²) in [6.45, 7) is 0. The highest BCUT2D eigenvalue weighted by Crippen LogP contribution is 2.36. The van der Waals surface area contributed by atoms with E-state index in [1.165, 1.54) is 41.9 Å². The van der Waals surface area contributed by atoms with Crippen LogP contribution >= 0.6 is 38.6 Å². The second kappa shape index (κ2) is 8.17. The van der Waals surface area contributed by atoms with Gasteiger partial charge in [0.15, 0.2) is 0 Å². The molecule has 2 heterocycles. The van der Waals surface area contributed by atoms with E-state index in [1.807, 2.05) is 12.1 Å². The monoisotopic (exact) mass is 452 g/mol. The number of nitrogens with one attached hydrogen (secondary N) is 1. The van der Waals surface area contributed by atoms with E-state index in [4.69, 9.17) is 4.84 Å². The smallest absolute Gasteiger partial charge is 0.337 e. The molecule has 1 N–H and O–H groups in total. The molecule has 0 aliphatic carbocycles. The molecule has 0 atom stereocenters. The van der Waals surface area contributed by atoms with Crippen molar-refractivity contribution >= 4 is 61.7 Å². The van der Waals surface area contributed by atoms with Gasteiger partial charge in [-0.25, -0.2) is 20.3 Å². The quantitative estimate of drug-likeness (QED) is 0.254. The third kappa shape index (κ3) is 4.50.